The number of rotatable bonds is 1. The normalized spacial score (nSPS) is 13.7. The highest BCUT2D eigenvalue weighted by atomic mass is 32.1. The Balaban J connectivity index is 2.13. The largest absolute Gasteiger partial charge is 0.384 e. The maximum atomic E-state index is 11.3. The molecule has 2 aromatic rings. The van der Waals surface area contributed by atoms with Crippen LogP contribution in [0.3, 0.4) is 0 Å². The minimum Gasteiger partial charge on any atom is -0.384 e. The molecule has 5 heteroatoms. The van der Waals surface area contributed by atoms with Crippen molar-refractivity contribution in [2.24, 2.45) is 0 Å². The molecule has 84 valence electrons. The number of benzene rings is 1. The maximum Gasteiger partial charge on any atom is 0.366 e. The van der Waals surface area contributed by atoms with Crippen LogP contribution in [-0.2, 0) is 4.74 Å². The van der Waals surface area contributed by atoms with E-state index in [9.17, 15) is 9.59 Å². The molecule has 0 unspecified atom stereocenters. The summed E-state index contributed by atoms with van der Waals surface area (Å²) in [5.74, 6) is -1.25. The summed E-state index contributed by atoms with van der Waals surface area (Å²) in [6.07, 6.45) is 0. The average Bonchev–Trinajstić information content (AvgIpc) is 2.82. The molecule has 0 fully saturated rings. The molecule has 0 spiro atoms. The summed E-state index contributed by atoms with van der Waals surface area (Å²) in [6, 6.07) is 7.75. The molecule has 1 aromatic carbocycles. The number of hydrogen-bond acceptors (Lipinski definition) is 5. The lowest BCUT2D eigenvalue weighted by molar-refractivity contribution is 0.0443. The summed E-state index contributed by atoms with van der Waals surface area (Å²) in [7, 11) is 0. The van der Waals surface area contributed by atoms with Crippen LogP contribution >= 0.6 is 11.3 Å². The molecule has 0 N–H and O–H groups in total. The van der Waals surface area contributed by atoms with Crippen LogP contribution in [0.15, 0.2) is 24.3 Å². The minimum absolute atomic E-state index is 0.136. The van der Waals surface area contributed by atoms with Crippen molar-refractivity contribution in [1.82, 2.24) is 4.98 Å². The van der Waals surface area contributed by atoms with Gasteiger partial charge < -0.3 is 4.74 Å². The highest BCUT2D eigenvalue weighted by Crippen LogP contribution is 2.32. The van der Waals surface area contributed by atoms with Crippen molar-refractivity contribution in [2.45, 2.75) is 6.92 Å². The van der Waals surface area contributed by atoms with E-state index in [0.29, 0.717) is 9.88 Å². The van der Waals surface area contributed by atoms with E-state index in [1.54, 1.807) is 0 Å². The Morgan fingerprint density at radius 3 is 2.76 bits per heavy atom. The zero-order chi connectivity index (χ0) is 12.0. The van der Waals surface area contributed by atoms with Crippen molar-refractivity contribution in [2.75, 3.05) is 0 Å². The molecule has 1 aliphatic rings. The molecule has 0 saturated heterocycles. The topological polar surface area (TPSA) is 56.3 Å². The number of hydrogen-bond donors (Lipinski definition) is 0. The summed E-state index contributed by atoms with van der Waals surface area (Å²) in [5, 5.41) is 0.670. The Hall–Kier alpha value is -2.01. The molecular formula is C12H7NO3S. The Bertz CT molecular complexity index is 613. The van der Waals surface area contributed by atoms with Crippen LogP contribution in [0.1, 0.15) is 25.7 Å². The highest BCUT2D eigenvalue weighted by molar-refractivity contribution is 7.17. The maximum absolute atomic E-state index is 11.3. The van der Waals surface area contributed by atoms with Crippen molar-refractivity contribution < 1.29 is 14.3 Å². The zero-order valence-electron chi connectivity index (χ0n) is 8.89. The lowest BCUT2D eigenvalue weighted by Crippen LogP contribution is -1.99. The van der Waals surface area contributed by atoms with Crippen LogP contribution in [-0.4, -0.2) is 16.9 Å². The predicted molar refractivity (Wildman–Crippen MR) is 62.0 cm³/mol. The van der Waals surface area contributed by atoms with Gasteiger partial charge in [-0.05, 0) is 13.0 Å². The second-order valence-corrected chi connectivity index (χ2v) is 4.74. The standard InChI is InChI=1S/C12H7NO3S/c1-6-3-2-4-7(5-6)10-13-8-9(17-10)12(15)16-11(8)14/h2-5H,1H3. The van der Waals surface area contributed by atoms with E-state index in [-0.39, 0.29) is 5.69 Å². The van der Waals surface area contributed by atoms with Crippen LogP contribution in [0.25, 0.3) is 10.6 Å². The van der Waals surface area contributed by atoms with E-state index in [4.69, 9.17) is 0 Å². The van der Waals surface area contributed by atoms with Gasteiger partial charge in [-0.1, -0.05) is 23.8 Å². The molecule has 0 atom stereocenters. The number of thiazole rings is 1. The van der Waals surface area contributed by atoms with Gasteiger partial charge in [0.25, 0.3) is 0 Å². The lowest BCUT2D eigenvalue weighted by atomic mass is 10.1. The summed E-state index contributed by atoms with van der Waals surface area (Å²) < 4.78 is 4.46. The van der Waals surface area contributed by atoms with Crippen molar-refractivity contribution in [3.05, 3.63) is 40.4 Å². The fraction of sp³-hybridized carbons (Fsp3) is 0.0833. The first kappa shape index (κ1) is 10.2. The van der Waals surface area contributed by atoms with Crippen molar-refractivity contribution >= 4 is 23.3 Å². The van der Waals surface area contributed by atoms with E-state index in [2.05, 4.69) is 9.72 Å². The zero-order valence-corrected chi connectivity index (χ0v) is 9.71. The monoisotopic (exact) mass is 245 g/mol. The molecule has 0 bridgehead atoms. The molecule has 0 saturated carbocycles. The second kappa shape index (κ2) is 3.49. The van der Waals surface area contributed by atoms with E-state index >= 15 is 0 Å². The van der Waals surface area contributed by atoms with Crippen LogP contribution in [0.4, 0.5) is 0 Å². The van der Waals surface area contributed by atoms with Gasteiger partial charge in [0.2, 0.25) is 0 Å². The van der Waals surface area contributed by atoms with E-state index < -0.39 is 11.9 Å². The minimum atomic E-state index is -0.653. The fourth-order valence-corrected chi connectivity index (χ4v) is 2.60. The smallest absolute Gasteiger partial charge is 0.366 e. The Labute approximate surface area is 101 Å². The van der Waals surface area contributed by atoms with Crippen LogP contribution in [0.5, 0.6) is 0 Å². The van der Waals surface area contributed by atoms with Crippen LogP contribution in [0, 0.1) is 6.92 Å². The highest BCUT2D eigenvalue weighted by Gasteiger charge is 2.34. The van der Waals surface area contributed by atoms with E-state index in [1.807, 2.05) is 31.2 Å². The van der Waals surface area contributed by atoms with Gasteiger partial charge in [0.15, 0.2) is 5.69 Å². The molecule has 0 radical (unpaired) electrons. The van der Waals surface area contributed by atoms with Gasteiger partial charge >= 0.3 is 11.9 Å². The third-order valence-electron chi connectivity index (χ3n) is 2.46. The molecule has 2 heterocycles. The first-order valence-corrected chi connectivity index (χ1v) is 5.81. The van der Waals surface area contributed by atoms with Crippen molar-refractivity contribution in [3.63, 3.8) is 0 Å². The molecule has 0 aliphatic carbocycles. The van der Waals surface area contributed by atoms with Gasteiger partial charge in [-0.15, -0.1) is 11.3 Å². The van der Waals surface area contributed by atoms with Crippen molar-refractivity contribution in [1.29, 1.82) is 0 Å². The quantitative estimate of drug-likeness (QED) is 0.572. The summed E-state index contributed by atoms with van der Waals surface area (Å²) in [4.78, 5) is 27.1. The Morgan fingerprint density at radius 2 is 2.06 bits per heavy atom. The van der Waals surface area contributed by atoms with Crippen LogP contribution < -0.4 is 0 Å². The van der Waals surface area contributed by atoms with Gasteiger partial charge in [0, 0.05) is 5.56 Å². The summed E-state index contributed by atoms with van der Waals surface area (Å²) >= 11 is 1.19. The van der Waals surface area contributed by atoms with Gasteiger partial charge in [-0.2, -0.15) is 0 Å². The lowest BCUT2D eigenvalue weighted by Gasteiger charge is -1.97. The number of aryl methyl sites for hydroxylation is 1. The third kappa shape index (κ3) is 1.55. The molecule has 3 rings (SSSR count). The Morgan fingerprint density at radius 1 is 1.24 bits per heavy atom. The molecule has 0 amide bonds. The van der Waals surface area contributed by atoms with Gasteiger partial charge in [0.05, 0.1) is 0 Å². The summed E-state index contributed by atoms with van der Waals surface area (Å²) in [5.41, 5.74) is 2.15. The van der Waals surface area contributed by atoms with E-state index in [0.717, 1.165) is 11.1 Å². The molecular weight excluding hydrogens is 238 g/mol. The predicted octanol–water partition coefficient (Wildman–Crippen LogP) is 2.43. The molecule has 17 heavy (non-hydrogen) atoms. The van der Waals surface area contributed by atoms with Crippen molar-refractivity contribution in [3.8, 4) is 10.6 Å². The number of aromatic nitrogens is 1. The van der Waals surface area contributed by atoms with E-state index in [1.165, 1.54) is 11.3 Å². The number of carbonyl (C=O) groups excluding carboxylic acids is 2. The Kier molecular flexibility index (Phi) is 2.09. The number of esters is 2. The number of carbonyl (C=O) groups is 2. The average molecular weight is 245 g/mol. The van der Waals surface area contributed by atoms with Gasteiger partial charge in [-0.25, -0.2) is 14.6 Å². The summed E-state index contributed by atoms with van der Waals surface area (Å²) in [6.45, 7) is 1.98. The second-order valence-electron chi connectivity index (χ2n) is 3.74. The first-order valence-electron chi connectivity index (χ1n) is 4.99. The number of fused-ring (bicyclic) bond motifs is 1. The fourth-order valence-electron chi connectivity index (χ4n) is 1.68. The SMILES string of the molecule is Cc1cccc(-c2nc3c(s2)C(=O)OC3=O)c1. The first-order chi connectivity index (χ1) is 8.15. The van der Waals surface area contributed by atoms with Crippen LogP contribution in [0.2, 0.25) is 0 Å². The molecule has 4 nitrogen and oxygen atoms in total. The number of cyclic esters (lactones) is 2. The van der Waals surface area contributed by atoms with Gasteiger partial charge in [0.1, 0.15) is 9.88 Å². The van der Waals surface area contributed by atoms with Gasteiger partial charge in [-0.3, -0.25) is 0 Å². The molecule has 1 aromatic heterocycles. The third-order valence-corrected chi connectivity index (χ3v) is 3.54. The number of nitrogens with zero attached hydrogens (tertiary/aromatic N) is 1. The number of ether oxygens (including phenoxy) is 1. The molecule has 1 aliphatic heterocycles.